The van der Waals surface area contributed by atoms with Crippen molar-refractivity contribution in [2.75, 3.05) is 18.6 Å². The van der Waals surface area contributed by atoms with Crippen LogP contribution in [0.25, 0.3) is 0 Å². The molecule has 2 amide bonds. The summed E-state index contributed by atoms with van der Waals surface area (Å²) in [5, 5.41) is 15.2. The number of hydrogen-bond donors (Lipinski definition) is 2. The minimum absolute atomic E-state index is 0.0694. The van der Waals surface area contributed by atoms with Crippen LogP contribution in [0.3, 0.4) is 0 Å². The first kappa shape index (κ1) is 25.0. The lowest BCUT2D eigenvalue weighted by Crippen LogP contribution is -2.71. The Balaban J connectivity index is 1.71. The monoisotopic (exact) mass is 515 g/mol. The van der Waals surface area contributed by atoms with Crippen molar-refractivity contribution >= 4 is 64.7 Å². The van der Waals surface area contributed by atoms with Gasteiger partial charge in [-0.25, -0.2) is 9.59 Å². The summed E-state index contributed by atoms with van der Waals surface area (Å²) in [6.45, 7) is 4.56. The van der Waals surface area contributed by atoms with E-state index < -0.39 is 47.4 Å². The van der Waals surface area contributed by atoms with Crippen molar-refractivity contribution in [1.82, 2.24) is 19.0 Å². The number of carboxylic acid groups (broad SMARTS) is 1. The average Bonchev–Trinajstić information content (AvgIpc) is 3.26. The first-order valence-corrected chi connectivity index (χ1v) is 12.5. The van der Waals surface area contributed by atoms with Gasteiger partial charge in [0.25, 0.3) is 11.8 Å². The van der Waals surface area contributed by atoms with E-state index >= 15 is 0 Å². The average molecular weight is 516 g/mol. The lowest BCUT2D eigenvalue weighted by atomic mass is 10.0. The highest BCUT2D eigenvalue weighted by molar-refractivity contribution is 8.05. The fraction of sp³-hybridized carbons (Fsp3) is 0.500. The van der Waals surface area contributed by atoms with Gasteiger partial charge >= 0.3 is 11.9 Å². The topological polar surface area (TPSA) is 160 Å². The van der Waals surface area contributed by atoms with Gasteiger partial charge in [-0.15, -0.1) is 23.5 Å². The second-order valence-corrected chi connectivity index (χ2v) is 10.3. The van der Waals surface area contributed by atoms with Crippen molar-refractivity contribution in [3.05, 3.63) is 22.5 Å². The summed E-state index contributed by atoms with van der Waals surface area (Å²) in [6, 6.07) is -0.956. The number of thioether (sulfide) groups is 2. The van der Waals surface area contributed by atoms with Gasteiger partial charge in [0.05, 0.1) is 17.9 Å². The first-order chi connectivity index (χ1) is 15.5. The van der Waals surface area contributed by atoms with E-state index in [1.807, 2.05) is 0 Å². The molecular weight excluding hydrogens is 494 g/mol. The molecule has 2 aliphatic rings. The molecule has 0 bridgehead atoms. The molecule has 0 spiro atoms. The van der Waals surface area contributed by atoms with Gasteiger partial charge in [-0.2, -0.15) is 8.75 Å². The number of carboxylic acids is 1. The summed E-state index contributed by atoms with van der Waals surface area (Å²) >= 11 is 3.45. The van der Waals surface area contributed by atoms with E-state index in [1.54, 1.807) is 27.0 Å². The fourth-order valence-electron chi connectivity index (χ4n) is 2.95. The molecule has 15 heteroatoms. The van der Waals surface area contributed by atoms with E-state index in [2.05, 4.69) is 19.2 Å². The van der Waals surface area contributed by atoms with Crippen LogP contribution in [0, 0.1) is 0 Å². The zero-order valence-electron chi connectivity index (χ0n) is 18.1. The minimum Gasteiger partial charge on any atom is -0.477 e. The Bertz CT molecular complexity index is 1020. The van der Waals surface area contributed by atoms with E-state index in [4.69, 9.17) is 9.57 Å². The molecule has 1 fully saturated rings. The maximum atomic E-state index is 12.9. The molecule has 2 N–H and O–H groups in total. The SMILES string of the molecule is CSC1=C(C(=O)O)N2C(=O)C(NC(=O)C(=NOCC(=O)OC(C)(C)C)c3cnsn3)[C@@H]2SC1. The largest absolute Gasteiger partial charge is 0.477 e. The molecular formula is C18H21N5O7S3. The Morgan fingerprint density at radius 1 is 1.39 bits per heavy atom. The number of nitrogens with one attached hydrogen (secondary N) is 1. The van der Waals surface area contributed by atoms with E-state index in [-0.39, 0.29) is 17.1 Å². The maximum absolute atomic E-state index is 12.9. The Morgan fingerprint density at radius 2 is 2.12 bits per heavy atom. The number of aromatic nitrogens is 2. The summed E-state index contributed by atoms with van der Waals surface area (Å²) in [6.07, 6.45) is 3.03. The highest BCUT2D eigenvalue weighted by atomic mass is 32.2. The van der Waals surface area contributed by atoms with Gasteiger partial charge in [0.15, 0.2) is 5.71 Å². The number of amides is 2. The number of nitrogens with zero attached hydrogens (tertiary/aromatic N) is 4. The molecule has 3 rings (SSSR count). The van der Waals surface area contributed by atoms with E-state index in [1.165, 1.54) is 34.6 Å². The fourth-order valence-corrected chi connectivity index (χ4v) is 5.62. The molecule has 0 aromatic carbocycles. The normalized spacial score (nSPS) is 20.7. The van der Waals surface area contributed by atoms with E-state index in [9.17, 15) is 24.3 Å². The first-order valence-electron chi connectivity index (χ1n) is 9.49. The zero-order chi connectivity index (χ0) is 24.3. The molecule has 0 aliphatic carbocycles. The van der Waals surface area contributed by atoms with Gasteiger partial charge in [-0.3, -0.25) is 14.5 Å². The van der Waals surface area contributed by atoms with Crippen molar-refractivity contribution in [1.29, 1.82) is 0 Å². The van der Waals surface area contributed by atoms with Crippen molar-refractivity contribution in [2.45, 2.75) is 37.8 Å². The van der Waals surface area contributed by atoms with Gasteiger partial charge in [0.2, 0.25) is 6.61 Å². The number of carbonyl (C=O) groups excluding carboxylic acids is 3. The number of ether oxygens (including phenoxy) is 1. The summed E-state index contributed by atoms with van der Waals surface area (Å²) in [7, 11) is 0. The molecule has 12 nitrogen and oxygen atoms in total. The Hall–Kier alpha value is -2.65. The van der Waals surface area contributed by atoms with Gasteiger partial charge in [0.1, 0.15) is 28.4 Å². The number of β-lactam (4-membered cyclic amide) rings is 1. The zero-order valence-corrected chi connectivity index (χ0v) is 20.5. The van der Waals surface area contributed by atoms with Crippen LogP contribution in [0.2, 0.25) is 0 Å². The quantitative estimate of drug-likeness (QED) is 0.217. The second kappa shape index (κ2) is 10.1. The van der Waals surface area contributed by atoms with Gasteiger partial charge in [-0.05, 0) is 27.0 Å². The van der Waals surface area contributed by atoms with Crippen LogP contribution in [0.4, 0.5) is 0 Å². The third-order valence-electron chi connectivity index (χ3n) is 4.25. The van der Waals surface area contributed by atoms with Crippen LogP contribution < -0.4 is 5.32 Å². The van der Waals surface area contributed by atoms with Crippen molar-refractivity contribution in [3.63, 3.8) is 0 Å². The standard InChI is InChI=1S/C18H21N5O7S3/c1-18(2,3)30-10(24)6-29-21-11(8-5-19-33-22-8)14(25)20-12-15(26)23-13(17(27)28)9(31-4)7-32-16(12)23/h5,12,16H,6-7H2,1-4H3,(H,20,25)(H,27,28)/t12?,16-/m0/s1. The lowest BCUT2D eigenvalue weighted by Gasteiger charge is -2.49. The van der Waals surface area contributed by atoms with Gasteiger partial charge in [0, 0.05) is 10.7 Å². The molecule has 178 valence electrons. The van der Waals surface area contributed by atoms with Crippen molar-refractivity contribution in [2.24, 2.45) is 5.16 Å². The molecule has 0 radical (unpaired) electrons. The van der Waals surface area contributed by atoms with E-state index in [0.717, 1.165) is 11.7 Å². The molecule has 1 saturated heterocycles. The number of oxime groups is 1. The predicted molar refractivity (Wildman–Crippen MR) is 121 cm³/mol. The lowest BCUT2D eigenvalue weighted by molar-refractivity contribution is -0.160. The highest BCUT2D eigenvalue weighted by Gasteiger charge is 2.54. The molecule has 3 heterocycles. The van der Waals surface area contributed by atoms with Crippen LogP contribution in [-0.2, 0) is 28.8 Å². The summed E-state index contributed by atoms with van der Waals surface area (Å²) < 4.78 is 12.9. The summed E-state index contributed by atoms with van der Waals surface area (Å²) in [5.74, 6) is -2.80. The third kappa shape index (κ3) is 5.65. The Morgan fingerprint density at radius 3 is 2.70 bits per heavy atom. The molecule has 1 aromatic rings. The number of aliphatic carboxylic acids is 1. The van der Waals surface area contributed by atoms with Crippen LogP contribution in [-0.4, -0.2) is 83.9 Å². The van der Waals surface area contributed by atoms with Crippen LogP contribution in [0.15, 0.2) is 22.0 Å². The maximum Gasteiger partial charge on any atom is 0.353 e. The van der Waals surface area contributed by atoms with Gasteiger partial charge < -0.3 is 20.0 Å². The minimum atomic E-state index is -1.20. The van der Waals surface area contributed by atoms with Gasteiger partial charge in [-0.1, -0.05) is 5.16 Å². The molecule has 2 aliphatic heterocycles. The predicted octanol–water partition coefficient (Wildman–Crippen LogP) is 0.660. The summed E-state index contributed by atoms with van der Waals surface area (Å²) in [4.78, 5) is 55.8. The summed E-state index contributed by atoms with van der Waals surface area (Å²) in [5.41, 5.74) is -0.966. The number of rotatable bonds is 8. The molecule has 33 heavy (non-hydrogen) atoms. The molecule has 1 unspecified atom stereocenters. The highest BCUT2D eigenvalue weighted by Crippen LogP contribution is 2.42. The molecule has 2 atom stereocenters. The Kier molecular flexibility index (Phi) is 7.64. The van der Waals surface area contributed by atoms with E-state index in [0.29, 0.717) is 10.7 Å². The number of fused-ring (bicyclic) bond motifs is 1. The number of hydrogen-bond acceptors (Lipinski definition) is 12. The smallest absolute Gasteiger partial charge is 0.353 e. The second-order valence-electron chi connectivity index (χ2n) is 7.73. The Labute approximate surface area is 201 Å². The van der Waals surface area contributed by atoms with Crippen molar-refractivity contribution < 1.29 is 33.9 Å². The number of esters is 1. The molecule has 1 aromatic heterocycles. The molecule has 0 saturated carbocycles. The van der Waals surface area contributed by atoms with Crippen molar-refractivity contribution in [3.8, 4) is 0 Å². The van der Waals surface area contributed by atoms with Crippen LogP contribution in [0.5, 0.6) is 0 Å². The van der Waals surface area contributed by atoms with Crippen LogP contribution >= 0.6 is 35.3 Å². The number of carbonyl (C=O) groups is 4. The third-order valence-corrected chi connectivity index (χ3v) is 7.02. The van der Waals surface area contributed by atoms with Crippen LogP contribution in [0.1, 0.15) is 26.5 Å².